The van der Waals surface area contributed by atoms with E-state index in [9.17, 15) is 10.2 Å². The average molecular weight is 489 g/mol. The van der Waals surface area contributed by atoms with E-state index in [1.165, 1.54) is 12.0 Å². The number of aliphatic hydroxyl groups is 2. The summed E-state index contributed by atoms with van der Waals surface area (Å²) in [6, 6.07) is 9.26. The first-order valence-electron chi connectivity index (χ1n) is 13.6. The van der Waals surface area contributed by atoms with Gasteiger partial charge in [-0.15, -0.1) is 0 Å². The molecule has 1 aromatic carbocycles. The monoisotopic (exact) mass is 488 g/mol. The Labute approximate surface area is 218 Å². The number of aromatic nitrogens is 1. The standard InChI is InChI=1S/C27H32N2O2.C5H12/c1-16(2)25-24(26(31)19-11-9-17(15-28)10-12-19)22(18-7-5-6-8-18)23-20(29-25)13-27(3,4)14-21(23)30;1-4-5(2)3/h7,9-12,16,21,26,30-31H,5-6,8,13-14H2,1-4H3;5H,4H2,1-3H3. The van der Waals surface area contributed by atoms with Crippen LogP contribution in [0.5, 0.6) is 0 Å². The molecule has 2 aliphatic carbocycles. The van der Waals surface area contributed by atoms with Crippen molar-refractivity contribution >= 4 is 5.57 Å². The number of aliphatic hydroxyl groups excluding tert-OH is 2. The van der Waals surface area contributed by atoms with Gasteiger partial charge in [-0.05, 0) is 78.2 Å². The minimum atomic E-state index is -0.860. The van der Waals surface area contributed by atoms with Gasteiger partial charge in [-0.1, -0.05) is 73.1 Å². The highest BCUT2D eigenvalue weighted by Crippen LogP contribution is 2.48. The molecule has 0 spiro atoms. The fraction of sp³-hybridized carbons (Fsp3) is 0.562. The SMILES string of the molecule is CC(C)c1nc2c(c(C3=CCCC3)c1C(O)c1ccc(C#N)cc1)C(O)CC(C)(C)C2.CCC(C)C. The van der Waals surface area contributed by atoms with Crippen LogP contribution >= 0.6 is 0 Å². The molecule has 194 valence electrons. The zero-order valence-corrected chi connectivity index (χ0v) is 23.2. The second kappa shape index (κ2) is 11.7. The van der Waals surface area contributed by atoms with Crippen LogP contribution in [0, 0.1) is 22.7 Å². The molecule has 2 aliphatic rings. The third-order valence-electron chi connectivity index (χ3n) is 7.46. The number of nitrogens with zero attached hydrogens (tertiary/aromatic N) is 2. The van der Waals surface area contributed by atoms with Gasteiger partial charge in [-0.3, -0.25) is 4.98 Å². The number of fused-ring (bicyclic) bond motifs is 1. The highest BCUT2D eigenvalue weighted by Gasteiger charge is 2.38. The lowest BCUT2D eigenvalue weighted by molar-refractivity contribution is 0.0972. The number of benzene rings is 1. The number of rotatable bonds is 5. The molecule has 0 saturated carbocycles. The highest BCUT2D eigenvalue weighted by molar-refractivity contribution is 5.75. The summed E-state index contributed by atoms with van der Waals surface area (Å²) in [5, 5.41) is 31.9. The highest BCUT2D eigenvalue weighted by atomic mass is 16.3. The summed E-state index contributed by atoms with van der Waals surface area (Å²) in [5.74, 6) is 1.02. The van der Waals surface area contributed by atoms with Gasteiger partial charge in [0.15, 0.2) is 0 Å². The third-order valence-corrected chi connectivity index (χ3v) is 7.46. The zero-order chi connectivity index (χ0) is 26.6. The van der Waals surface area contributed by atoms with Crippen molar-refractivity contribution in [1.82, 2.24) is 4.98 Å². The molecule has 2 aromatic rings. The molecular weight excluding hydrogens is 444 g/mol. The quantitative estimate of drug-likeness (QED) is 0.450. The molecule has 4 rings (SSSR count). The third kappa shape index (κ3) is 6.25. The van der Waals surface area contributed by atoms with E-state index in [2.05, 4.69) is 60.6 Å². The van der Waals surface area contributed by atoms with Crippen molar-refractivity contribution in [2.75, 3.05) is 0 Å². The van der Waals surface area contributed by atoms with Crippen molar-refractivity contribution in [3.8, 4) is 6.07 Å². The molecule has 2 unspecified atom stereocenters. The predicted octanol–water partition coefficient (Wildman–Crippen LogP) is 7.78. The van der Waals surface area contributed by atoms with Crippen molar-refractivity contribution in [2.45, 2.75) is 105 Å². The predicted molar refractivity (Wildman–Crippen MR) is 148 cm³/mol. The van der Waals surface area contributed by atoms with Gasteiger partial charge >= 0.3 is 0 Å². The second-order valence-corrected chi connectivity index (χ2v) is 11.9. The van der Waals surface area contributed by atoms with Crippen molar-refractivity contribution in [3.63, 3.8) is 0 Å². The van der Waals surface area contributed by atoms with Crippen LogP contribution in [-0.2, 0) is 6.42 Å². The van der Waals surface area contributed by atoms with Crippen molar-refractivity contribution in [2.24, 2.45) is 11.3 Å². The maximum Gasteiger partial charge on any atom is 0.106 e. The maximum absolute atomic E-state index is 11.6. The van der Waals surface area contributed by atoms with E-state index in [4.69, 9.17) is 10.2 Å². The van der Waals surface area contributed by atoms with Crippen molar-refractivity contribution in [1.29, 1.82) is 5.26 Å². The number of hydrogen-bond acceptors (Lipinski definition) is 4. The maximum atomic E-state index is 11.6. The Morgan fingerprint density at radius 2 is 1.78 bits per heavy atom. The van der Waals surface area contributed by atoms with Crippen LogP contribution in [0.2, 0.25) is 0 Å². The smallest absolute Gasteiger partial charge is 0.106 e. The van der Waals surface area contributed by atoms with Crippen LogP contribution in [0.4, 0.5) is 0 Å². The normalized spacial score (nSPS) is 19.3. The first-order chi connectivity index (χ1) is 17.0. The lowest BCUT2D eigenvalue weighted by atomic mass is 9.71. The van der Waals surface area contributed by atoms with E-state index < -0.39 is 12.2 Å². The second-order valence-electron chi connectivity index (χ2n) is 11.9. The molecule has 4 heteroatoms. The van der Waals surface area contributed by atoms with Crippen LogP contribution in [0.1, 0.15) is 138 Å². The summed E-state index contributed by atoms with van der Waals surface area (Å²) in [6.45, 7) is 15.2. The number of allylic oxidation sites excluding steroid dienone is 2. The van der Waals surface area contributed by atoms with Crippen molar-refractivity contribution < 1.29 is 10.2 Å². The van der Waals surface area contributed by atoms with Gasteiger partial charge in [0.1, 0.15) is 6.10 Å². The Morgan fingerprint density at radius 1 is 1.14 bits per heavy atom. The summed E-state index contributed by atoms with van der Waals surface area (Å²) in [6.07, 6.45) is 6.72. The Hall–Kier alpha value is -2.48. The summed E-state index contributed by atoms with van der Waals surface area (Å²) >= 11 is 0. The molecule has 0 bridgehead atoms. The number of pyridine rings is 1. The Kier molecular flexibility index (Phi) is 9.14. The van der Waals surface area contributed by atoms with Gasteiger partial charge in [-0.25, -0.2) is 0 Å². The topological polar surface area (TPSA) is 77.1 Å². The minimum Gasteiger partial charge on any atom is -0.388 e. The molecule has 0 fully saturated rings. The van der Waals surface area contributed by atoms with E-state index >= 15 is 0 Å². The Bertz CT molecular complexity index is 1120. The van der Waals surface area contributed by atoms with E-state index in [0.29, 0.717) is 12.0 Å². The lowest BCUT2D eigenvalue weighted by Crippen LogP contribution is -2.29. The summed E-state index contributed by atoms with van der Waals surface area (Å²) < 4.78 is 0. The average Bonchev–Trinajstić information content (AvgIpc) is 3.36. The van der Waals surface area contributed by atoms with Gasteiger partial charge in [0.2, 0.25) is 0 Å². The summed E-state index contributed by atoms with van der Waals surface area (Å²) in [7, 11) is 0. The van der Waals surface area contributed by atoms with Gasteiger partial charge in [-0.2, -0.15) is 5.26 Å². The molecule has 2 N–H and O–H groups in total. The van der Waals surface area contributed by atoms with Gasteiger partial charge in [0, 0.05) is 22.5 Å². The van der Waals surface area contributed by atoms with Crippen LogP contribution in [0.15, 0.2) is 30.3 Å². The molecule has 0 amide bonds. The molecule has 0 aliphatic heterocycles. The van der Waals surface area contributed by atoms with E-state index in [1.54, 1.807) is 12.1 Å². The molecule has 0 saturated heterocycles. The molecule has 36 heavy (non-hydrogen) atoms. The van der Waals surface area contributed by atoms with Crippen molar-refractivity contribution in [3.05, 3.63) is 69.5 Å². The Morgan fingerprint density at radius 3 is 2.28 bits per heavy atom. The van der Waals surface area contributed by atoms with E-state index in [1.807, 2.05) is 12.1 Å². The Balaban J connectivity index is 0.000000658. The minimum absolute atomic E-state index is 0.0117. The first-order valence-corrected chi connectivity index (χ1v) is 13.6. The van der Waals surface area contributed by atoms with Gasteiger partial charge < -0.3 is 10.2 Å². The molecule has 1 heterocycles. The zero-order valence-electron chi connectivity index (χ0n) is 23.2. The summed E-state index contributed by atoms with van der Waals surface area (Å²) in [5.41, 5.74) is 7.17. The van der Waals surface area contributed by atoms with Crippen LogP contribution in [0.3, 0.4) is 0 Å². The fourth-order valence-electron chi connectivity index (χ4n) is 5.20. The van der Waals surface area contributed by atoms with Crippen LogP contribution < -0.4 is 0 Å². The van der Waals surface area contributed by atoms with Gasteiger partial charge in [0.05, 0.1) is 17.7 Å². The lowest BCUT2D eigenvalue weighted by Gasteiger charge is -2.37. The summed E-state index contributed by atoms with van der Waals surface area (Å²) in [4.78, 5) is 5.07. The molecule has 2 atom stereocenters. The molecule has 1 aromatic heterocycles. The van der Waals surface area contributed by atoms with E-state index in [-0.39, 0.29) is 11.3 Å². The van der Waals surface area contributed by atoms with Crippen LogP contribution in [-0.4, -0.2) is 15.2 Å². The number of hydrogen-bond donors (Lipinski definition) is 2. The fourth-order valence-corrected chi connectivity index (χ4v) is 5.20. The van der Waals surface area contributed by atoms with Crippen LogP contribution in [0.25, 0.3) is 5.57 Å². The van der Waals surface area contributed by atoms with E-state index in [0.717, 1.165) is 65.2 Å². The largest absolute Gasteiger partial charge is 0.388 e. The molecule has 4 nitrogen and oxygen atoms in total. The molecule has 0 radical (unpaired) electrons. The number of nitriles is 1. The first kappa shape index (κ1) is 28.1. The van der Waals surface area contributed by atoms with Gasteiger partial charge in [0.25, 0.3) is 0 Å². The molecular formula is C32H44N2O2.